The lowest BCUT2D eigenvalue weighted by Crippen LogP contribution is -2.42. The zero-order chi connectivity index (χ0) is 12.6. The topological polar surface area (TPSA) is 43.4 Å². The third-order valence-corrected chi connectivity index (χ3v) is 2.72. The molecule has 1 aliphatic rings. The summed E-state index contributed by atoms with van der Waals surface area (Å²) < 4.78 is 19.2. The number of carbonyl (C=O) groups excluding carboxylic acids is 2. The van der Waals surface area contributed by atoms with Gasteiger partial charge in [-0.25, -0.2) is 9.18 Å². The molecule has 1 atom stereocenters. The van der Waals surface area contributed by atoms with Crippen LogP contribution in [-0.2, 0) is 16.0 Å². The van der Waals surface area contributed by atoms with Crippen LogP contribution in [0.25, 0.3) is 0 Å². The molecule has 0 aliphatic heterocycles. The Balaban J connectivity index is 2.32. The van der Waals surface area contributed by atoms with E-state index in [0.29, 0.717) is 5.56 Å². The van der Waals surface area contributed by atoms with Crippen LogP contribution in [0.1, 0.15) is 29.8 Å². The third kappa shape index (κ3) is 1.84. The number of rotatable bonds is 2. The first-order valence-electron chi connectivity index (χ1n) is 5.48. The summed E-state index contributed by atoms with van der Waals surface area (Å²) in [6, 6.07) is 6.54. The van der Waals surface area contributed by atoms with Gasteiger partial charge in [-0.2, -0.15) is 0 Å². The van der Waals surface area contributed by atoms with Crippen molar-refractivity contribution >= 4 is 11.8 Å². The van der Waals surface area contributed by atoms with E-state index in [4.69, 9.17) is 4.74 Å². The van der Waals surface area contributed by atoms with E-state index in [1.54, 1.807) is 32.0 Å². The van der Waals surface area contributed by atoms with Gasteiger partial charge in [0.15, 0.2) is 0 Å². The second-order valence-corrected chi connectivity index (χ2v) is 4.42. The fraction of sp³-hybridized carbons (Fsp3) is 0.385. The van der Waals surface area contributed by atoms with Crippen LogP contribution in [-0.4, -0.2) is 23.5 Å². The van der Waals surface area contributed by atoms with Gasteiger partial charge in [-0.15, -0.1) is 0 Å². The lowest BCUT2D eigenvalue weighted by molar-refractivity contribution is -0.157. The van der Waals surface area contributed by atoms with Crippen LogP contribution < -0.4 is 0 Å². The number of alkyl halides is 1. The summed E-state index contributed by atoms with van der Waals surface area (Å²) in [5, 5.41) is 0. The molecule has 0 saturated carbocycles. The molecular formula is C13H13FO3. The largest absolute Gasteiger partial charge is 0.460 e. The van der Waals surface area contributed by atoms with Gasteiger partial charge in [-0.3, -0.25) is 4.79 Å². The first kappa shape index (κ1) is 11.8. The normalized spacial score (nSPS) is 22.7. The average molecular weight is 236 g/mol. The number of carbonyl (C=O) groups is 2. The Morgan fingerprint density at radius 2 is 2.06 bits per heavy atom. The number of benzene rings is 1. The van der Waals surface area contributed by atoms with Crippen molar-refractivity contribution in [2.45, 2.75) is 32.0 Å². The molecule has 3 nitrogen and oxygen atoms in total. The van der Waals surface area contributed by atoms with Gasteiger partial charge in [-0.1, -0.05) is 24.3 Å². The summed E-state index contributed by atoms with van der Waals surface area (Å²) in [4.78, 5) is 23.5. The molecule has 0 aromatic heterocycles. The quantitative estimate of drug-likeness (QED) is 0.583. The van der Waals surface area contributed by atoms with Gasteiger partial charge < -0.3 is 4.74 Å². The van der Waals surface area contributed by atoms with E-state index in [2.05, 4.69) is 0 Å². The van der Waals surface area contributed by atoms with Crippen molar-refractivity contribution in [2.75, 3.05) is 0 Å². The average Bonchev–Trinajstić information content (AvgIpc) is 2.52. The van der Waals surface area contributed by atoms with Crippen molar-refractivity contribution in [3.05, 3.63) is 35.4 Å². The van der Waals surface area contributed by atoms with Crippen LogP contribution in [0.4, 0.5) is 4.39 Å². The first-order chi connectivity index (χ1) is 7.95. The van der Waals surface area contributed by atoms with Crippen LogP contribution in [0, 0.1) is 0 Å². The Kier molecular flexibility index (Phi) is 2.73. The molecule has 90 valence electrons. The van der Waals surface area contributed by atoms with E-state index < -0.39 is 23.5 Å². The van der Waals surface area contributed by atoms with Crippen LogP contribution in [0.5, 0.6) is 0 Å². The van der Waals surface area contributed by atoms with Gasteiger partial charge in [0.1, 0.15) is 0 Å². The molecule has 0 bridgehead atoms. The molecule has 1 aliphatic carbocycles. The second-order valence-electron chi connectivity index (χ2n) is 4.42. The van der Waals surface area contributed by atoms with E-state index in [-0.39, 0.29) is 12.0 Å². The SMILES string of the molecule is CC(C)OC(=O)C1(F)Cc2ccccc2C1=O. The highest BCUT2D eigenvalue weighted by Crippen LogP contribution is 2.34. The summed E-state index contributed by atoms with van der Waals surface area (Å²) in [6.07, 6.45) is -0.667. The minimum Gasteiger partial charge on any atom is -0.460 e. The third-order valence-electron chi connectivity index (χ3n) is 2.72. The van der Waals surface area contributed by atoms with E-state index in [0.717, 1.165) is 0 Å². The van der Waals surface area contributed by atoms with Crippen molar-refractivity contribution in [1.82, 2.24) is 0 Å². The Morgan fingerprint density at radius 1 is 1.41 bits per heavy atom. The van der Waals surface area contributed by atoms with E-state index in [9.17, 15) is 14.0 Å². The molecule has 0 fully saturated rings. The summed E-state index contributed by atoms with van der Waals surface area (Å²) >= 11 is 0. The van der Waals surface area contributed by atoms with Crippen molar-refractivity contribution in [2.24, 2.45) is 0 Å². The fourth-order valence-corrected chi connectivity index (χ4v) is 1.92. The predicted octanol–water partition coefficient (Wildman–Crippen LogP) is 2.09. The zero-order valence-corrected chi connectivity index (χ0v) is 9.70. The Morgan fingerprint density at radius 3 is 2.65 bits per heavy atom. The van der Waals surface area contributed by atoms with Gasteiger partial charge in [0.25, 0.3) is 5.67 Å². The standard InChI is InChI=1S/C13H13FO3/c1-8(2)17-12(16)13(14)7-9-5-3-4-6-10(9)11(13)15/h3-6,8H,7H2,1-2H3. The molecule has 0 radical (unpaired) electrons. The van der Waals surface area contributed by atoms with Crippen molar-refractivity contribution in [3.8, 4) is 0 Å². The molecule has 0 saturated heterocycles. The smallest absolute Gasteiger partial charge is 0.352 e. The molecule has 0 heterocycles. The maximum Gasteiger partial charge on any atom is 0.352 e. The fourth-order valence-electron chi connectivity index (χ4n) is 1.92. The zero-order valence-electron chi connectivity index (χ0n) is 9.70. The number of halogens is 1. The minimum absolute atomic E-state index is 0.229. The lowest BCUT2D eigenvalue weighted by Gasteiger charge is -2.17. The van der Waals surface area contributed by atoms with Gasteiger partial charge in [0.05, 0.1) is 6.10 Å². The molecule has 4 heteroatoms. The van der Waals surface area contributed by atoms with Gasteiger partial charge >= 0.3 is 5.97 Å². The number of hydrogen-bond acceptors (Lipinski definition) is 3. The van der Waals surface area contributed by atoms with Crippen molar-refractivity contribution < 1.29 is 18.7 Å². The molecule has 2 rings (SSSR count). The lowest BCUT2D eigenvalue weighted by atomic mass is 10.0. The maximum atomic E-state index is 14.4. The highest BCUT2D eigenvalue weighted by atomic mass is 19.1. The number of hydrogen-bond donors (Lipinski definition) is 0. The first-order valence-corrected chi connectivity index (χ1v) is 5.48. The van der Waals surface area contributed by atoms with Gasteiger partial charge in [-0.05, 0) is 19.4 Å². The monoisotopic (exact) mass is 236 g/mol. The highest BCUT2D eigenvalue weighted by Gasteiger charge is 2.53. The molecule has 0 N–H and O–H groups in total. The van der Waals surface area contributed by atoms with Crippen LogP contribution in [0.2, 0.25) is 0 Å². The number of fused-ring (bicyclic) bond motifs is 1. The molecule has 0 amide bonds. The second kappa shape index (κ2) is 3.95. The minimum atomic E-state index is -2.55. The Bertz CT molecular complexity index is 481. The number of ketones is 1. The molecule has 1 aromatic carbocycles. The summed E-state index contributed by atoms with van der Waals surface area (Å²) in [6.45, 7) is 3.24. The molecular weight excluding hydrogens is 223 g/mol. The number of esters is 1. The van der Waals surface area contributed by atoms with Gasteiger partial charge in [0, 0.05) is 12.0 Å². The molecule has 1 aromatic rings. The van der Waals surface area contributed by atoms with Crippen LogP contribution in [0.15, 0.2) is 24.3 Å². The molecule has 0 spiro atoms. The Hall–Kier alpha value is -1.71. The summed E-state index contributed by atoms with van der Waals surface area (Å²) in [5.41, 5.74) is -1.72. The van der Waals surface area contributed by atoms with Crippen LogP contribution >= 0.6 is 0 Å². The van der Waals surface area contributed by atoms with Gasteiger partial charge in [0.2, 0.25) is 5.78 Å². The summed E-state index contributed by atoms with van der Waals surface area (Å²) in [7, 11) is 0. The van der Waals surface area contributed by atoms with Crippen LogP contribution in [0.3, 0.4) is 0 Å². The maximum absolute atomic E-state index is 14.4. The number of Topliss-reactive ketones (excluding diaryl/α,β-unsaturated/α-hetero) is 1. The number of ether oxygens (including phenoxy) is 1. The Labute approximate surface area is 98.6 Å². The van der Waals surface area contributed by atoms with E-state index in [1.165, 1.54) is 6.07 Å². The van der Waals surface area contributed by atoms with E-state index >= 15 is 0 Å². The van der Waals surface area contributed by atoms with Crippen molar-refractivity contribution in [3.63, 3.8) is 0 Å². The van der Waals surface area contributed by atoms with Crippen molar-refractivity contribution in [1.29, 1.82) is 0 Å². The summed E-state index contributed by atoms with van der Waals surface area (Å²) in [5.74, 6) is -1.88. The van der Waals surface area contributed by atoms with E-state index in [1.807, 2.05) is 0 Å². The highest BCUT2D eigenvalue weighted by molar-refractivity contribution is 6.18. The predicted molar refractivity (Wildman–Crippen MR) is 59.5 cm³/mol. The molecule has 17 heavy (non-hydrogen) atoms. The molecule has 1 unspecified atom stereocenters.